The molecule has 2 aromatic rings. The van der Waals surface area contributed by atoms with Crippen LogP contribution in [0.3, 0.4) is 0 Å². The van der Waals surface area contributed by atoms with Crippen molar-refractivity contribution in [1.82, 2.24) is 10.1 Å². The molecule has 1 aromatic carbocycles. The lowest BCUT2D eigenvalue weighted by molar-refractivity contribution is 0.420. The largest absolute Gasteiger partial charge is 0.334 e. The van der Waals surface area contributed by atoms with E-state index in [1.807, 2.05) is 19.1 Å². The van der Waals surface area contributed by atoms with Gasteiger partial charge in [-0.15, -0.1) is 0 Å². The molecule has 0 aliphatic heterocycles. The molecule has 0 aliphatic rings. The lowest BCUT2D eigenvalue weighted by atomic mass is 9.87. The molecule has 1 unspecified atom stereocenters. The van der Waals surface area contributed by atoms with E-state index in [9.17, 15) is 0 Å². The standard InChI is InChI=1S/C15H21N3O/c1-10(16)9-13-17-14(19-18-13)11-5-7-12(8-6-11)15(2,3)4/h5-8,10H,9,16H2,1-4H3. The Hall–Kier alpha value is -1.68. The second-order valence-corrected chi connectivity index (χ2v) is 6.02. The minimum Gasteiger partial charge on any atom is -0.334 e. The number of nitrogens with two attached hydrogens (primary N) is 1. The van der Waals surface area contributed by atoms with Gasteiger partial charge in [-0.3, -0.25) is 0 Å². The predicted octanol–water partition coefficient (Wildman–Crippen LogP) is 2.92. The van der Waals surface area contributed by atoms with Gasteiger partial charge in [0.2, 0.25) is 0 Å². The molecule has 0 bridgehead atoms. The Kier molecular flexibility index (Phi) is 3.71. The Morgan fingerprint density at radius 2 is 1.84 bits per heavy atom. The Bertz CT molecular complexity index is 535. The first-order valence-corrected chi connectivity index (χ1v) is 6.55. The molecule has 0 spiro atoms. The van der Waals surface area contributed by atoms with E-state index < -0.39 is 0 Å². The maximum absolute atomic E-state index is 5.72. The molecule has 1 aromatic heterocycles. The van der Waals surface area contributed by atoms with E-state index in [1.54, 1.807) is 0 Å². The predicted molar refractivity (Wildman–Crippen MR) is 75.8 cm³/mol. The molecule has 0 saturated heterocycles. The zero-order valence-electron chi connectivity index (χ0n) is 12.0. The molecule has 1 atom stereocenters. The first-order valence-electron chi connectivity index (χ1n) is 6.55. The van der Waals surface area contributed by atoms with Crippen LogP contribution in [0.2, 0.25) is 0 Å². The summed E-state index contributed by atoms with van der Waals surface area (Å²) in [4.78, 5) is 4.35. The summed E-state index contributed by atoms with van der Waals surface area (Å²) < 4.78 is 5.26. The Morgan fingerprint density at radius 1 is 1.21 bits per heavy atom. The topological polar surface area (TPSA) is 64.9 Å². The maximum atomic E-state index is 5.72. The molecule has 0 saturated carbocycles. The van der Waals surface area contributed by atoms with Crippen molar-refractivity contribution in [3.63, 3.8) is 0 Å². The van der Waals surface area contributed by atoms with Gasteiger partial charge >= 0.3 is 0 Å². The number of benzene rings is 1. The molecule has 1 heterocycles. The van der Waals surface area contributed by atoms with E-state index in [2.05, 4.69) is 43.0 Å². The number of aromatic nitrogens is 2. The molecule has 4 heteroatoms. The zero-order chi connectivity index (χ0) is 14.0. The SMILES string of the molecule is CC(N)Cc1noc(-c2ccc(C(C)(C)C)cc2)n1. The fourth-order valence-electron chi connectivity index (χ4n) is 1.85. The molecule has 0 radical (unpaired) electrons. The van der Waals surface area contributed by atoms with E-state index in [1.165, 1.54) is 5.56 Å². The van der Waals surface area contributed by atoms with E-state index >= 15 is 0 Å². The number of hydrogen-bond acceptors (Lipinski definition) is 4. The minimum absolute atomic E-state index is 0.0358. The molecule has 2 N–H and O–H groups in total. The van der Waals surface area contributed by atoms with Crippen molar-refractivity contribution in [1.29, 1.82) is 0 Å². The van der Waals surface area contributed by atoms with Crippen molar-refractivity contribution >= 4 is 0 Å². The molecule has 4 nitrogen and oxygen atoms in total. The molecule has 19 heavy (non-hydrogen) atoms. The third-order valence-corrected chi connectivity index (χ3v) is 2.97. The van der Waals surface area contributed by atoms with Crippen LogP contribution < -0.4 is 5.73 Å². The zero-order valence-corrected chi connectivity index (χ0v) is 12.0. The number of hydrogen-bond donors (Lipinski definition) is 1. The second kappa shape index (κ2) is 5.13. The summed E-state index contributed by atoms with van der Waals surface area (Å²) >= 11 is 0. The van der Waals surface area contributed by atoms with Crippen LogP contribution in [-0.4, -0.2) is 16.2 Å². The third kappa shape index (κ3) is 3.41. The van der Waals surface area contributed by atoms with Gasteiger partial charge in [-0.1, -0.05) is 38.1 Å². The van der Waals surface area contributed by atoms with Crippen LogP contribution >= 0.6 is 0 Å². The van der Waals surface area contributed by atoms with E-state index in [4.69, 9.17) is 10.3 Å². The highest BCUT2D eigenvalue weighted by atomic mass is 16.5. The number of rotatable bonds is 3. The second-order valence-electron chi connectivity index (χ2n) is 6.02. The van der Waals surface area contributed by atoms with Crippen LogP contribution in [0.15, 0.2) is 28.8 Å². The van der Waals surface area contributed by atoms with E-state index in [-0.39, 0.29) is 11.5 Å². The van der Waals surface area contributed by atoms with Crippen molar-refractivity contribution in [2.45, 2.75) is 45.6 Å². The Balaban J connectivity index is 2.20. The fourth-order valence-corrected chi connectivity index (χ4v) is 1.85. The normalized spacial score (nSPS) is 13.5. The lowest BCUT2D eigenvalue weighted by Gasteiger charge is -2.18. The van der Waals surface area contributed by atoms with Crippen LogP contribution in [0.1, 0.15) is 39.1 Å². The molecule has 0 aliphatic carbocycles. The molecule has 102 valence electrons. The van der Waals surface area contributed by atoms with Gasteiger partial charge in [0, 0.05) is 18.0 Å². The van der Waals surface area contributed by atoms with Crippen molar-refractivity contribution in [3.05, 3.63) is 35.7 Å². The van der Waals surface area contributed by atoms with Gasteiger partial charge in [-0.05, 0) is 30.0 Å². The summed E-state index contributed by atoms with van der Waals surface area (Å²) in [5.74, 6) is 1.21. The van der Waals surface area contributed by atoms with Crippen molar-refractivity contribution < 1.29 is 4.52 Å². The van der Waals surface area contributed by atoms with Crippen LogP contribution in [0.4, 0.5) is 0 Å². The monoisotopic (exact) mass is 259 g/mol. The summed E-state index contributed by atoms with van der Waals surface area (Å²) in [6.45, 7) is 8.49. The molecular formula is C15H21N3O. The summed E-state index contributed by atoms with van der Waals surface area (Å²) in [7, 11) is 0. The van der Waals surface area contributed by atoms with Gasteiger partial charge < -0.3 is 10.3 Å². The van der Waals surface area contributed by atoms with Crippen LogP contribution in [0.5, 0.6) is 0 Å². The quantitative estimate of drug-likeness (QED) is 0.920. The molecule has 0 amide bonds. The number of nitrogens with zero attached hydrogens (tertiary/aromatic N) is 2. The van der Waals surface area contributed by atoms with Gasteiger partial charge in [0.05, 0.1) is 0 Å². The molecule has 2 rings (SSSR count). The smallest absolute Gasteiger partial charge is 0.257 e. The molecular weight excluding hydrogens is 238 g/mol. The van der Waals surface area contributed by atoms with Crippen LogP contribution in [0, 0.1) is 0 Å². The van der Waals surface area contributed by atoms with Crippen molar-refractivity contribution in [2.75, 3.05) is 0 Å². The Labute approximate surface area is 114 Å². The molecule has 0 fully saturated rings. The highest BCUT2D eigenvalue weighted by molar-refractivity contribution is 5.53. The highest BCUT2D eigenvalue weighted by Gasteiger charge is 2.15. The summed E-state index contributed by atoms with van der Waals surface area (Å²) in [6.07, 6.45) is 0.629. The van der Waals surface area contributed by atoms with E-state index in [0.717, 1.165) is 5.56 Å². The highest BCUT2D eigenvalue weighted by Crippen LogP contribution is 2.25. The van der Waals surface area contributed by atoms with Crippen molar-refractivity contribution in [3.8, 4) is 11.5 Å². The van der Waals surface area contributed by atoms with Gasteiger partial charge in [0.15, 0.2) is 5.82 Å². The fraction of sp³-hybridized carbons (Fsp3) is 0.467. The minimum atomic E-state index is 0.0358. The van der Waals surface area contributed by atoms with Crippen LogP contribution in [0.25, 0.3) is 11.5 Å². The van der Waals surface area contributed by atoms with Gasteiger partial charge in [0.25, 0.3) is 5.89 Å². The lowest BCUT2D eigenvalue weighted by Crippen LogP contribution is -2.18. The van der Waals surface area contributed by atoms with Gasteiger partial charge in [0.1, 0.15) is 0 Å². The van der Waals surface area contributed by atoms with Crippen molar-refractivity contribution in [2.24, 2.45) is 5.73 Å². The maximum Gasteiger partial charge on any atom is 0.257 e. The van der Waals surface area contributed by atoms with Gasteiger partial charge in [-0.2, -0.15) is 4.98 Å². The summed E-state index contributed by atoms with van der Waals surface area (Å²) in [6, 6.07) is 8.27. The summed E-state index contributed by atoms with van der Waals surface area (Å²) in [5.41, 5.74) is 8.09. The van der Waals surface area contributed by atoms with Gasteiger partial charge in [-0.25, -0.2) is 0 Å². The first-order chi connectivity index (χ1) is 8.86. The summed E-state index contributed by atoms with van der Waals surface area (Å²) in [5, 5.41) is 3.94. The van der Waals surface area contributed by atoms with Crippen LogP contribution in [-0.2, 0) is 11.8 Å². The average Bonchev–Trinajstić information content (AvgIpc) is 2.75. The average molecular weight is 259 g/mol. The van der Waals surface area contributed by atoms with E-state index in [0.29, 0.717) is 18.1 Å². The Morgan fingerprint density at radius 3 is 2.37 bits per heavy atom. The first kappa shape index (κ1) is 13.7. The third-order valence-electron chi connectivity index (χ3n) is 2.97.